The standard InChI is InChI=1S/C17H10F6N2/c1-9-5-12(10-3-2-4-11(7-10)16(18,19)20)15-13(6-9)24-8-14(25-15)17(21,22)23/h2-8H,1H3. The summed E-state index contributed by atoms with van der Waals surface area (Å²) in [5, 5.41) is 0. The fourth-order valence-corrected chi connectivity index (χ4v) is 2.48. The highest BCUT2D eigenvalue weighted by Crippen LogP contribution is 2.35. The molecule has 0 bridgehead atoms. The molecule has 130 valence electrons. The van der Waals surface area contributed by atoms with Gasteiger partial charge in [-0.05, 0) is 42.3 Å². The molecule has 0 N–H and O–H groups in total. The third-order valence-corrected chi connectivity index (χ3v) is 3.58. The Kier molecular flexibility index (Phi) is 3.93. The normalized spacial score (nSPS) is 12.6. The van der Waals surface area contributed by atoms with E-state index in [1.165, 1.54) is 24.3 Å². The number of aryl methyl sites for hydroxylation is 1. The molecule has 8 heteroatoms. The number of nitrogens with zero attached hydrogens (tertiary/aromatic N) is 2. The maximum absolute atomic E-state index is 12.9. The molecule has 0 aliphatic heterocycles. The molecule has 0 spiro atoms. The third-order valence-electron chi connectivity index (χ3n) is 3.58. The number of alkyl halides is 6. The smallest absolute Gasteiger partial charge is 0.252 e. The first-order valence-corrected chi connectivity index (χ1v) is 7.08. The van der Waals surface area contributed by atoms with Crippen molar-refractivity contribution in [3.63, 3.8) is 0 Å². The fraction of sp³-hybridized carbons (Fsp3) is 0.176. The van der Waals surface area contributed by atoms with Crippen molar-refractivity contribution in [1.29, 1.82) is 0 Å². The monoisotopic (exact) mass is 356 g/mol. The zero-order valence-electron chi connectivity index (χ0n) is 12.7. The van der Waals surface area contributed by atoms with E-state index in [4.69, 9.17) is 0 Å². The molecule has 0 fully saturated rings. The molecule has 2 aromatic carbocycles. The van der Waals surface area contributed by atoms with Crippen LogP contribution in [0.3, 0.4) is 0 Å². The van der Waals surface area contributed by atoms with E-state index in [9.17, 15) is 26.3 Å². The van der Waals surface area contributed by atoms with Gasteiger partial charge in [0.2, 0.25) is 0 Å². The molecule has 3 aromatic rings. The first-order chi connectivity index (χ1) is 11.6. The summed E-state index contributed by atoms with van der Waals surface area (Å²) in [6.45, 7) is 1.68. The van der Waals surface area contributed by atoms with Crippen LogP contribution in [-0.2, 0) is 12.4 Å². The van der Waals surface area contributed by atoms with Gasteiger partial charge in [-0.3, -0.25) is 4.98 Å². The lowest BCUT2D eigenvalue weighted by molar-refractivity contribution is -0.141. The van der Waals surface area contributed by atoms with Crippen molar-refractivity contribution < 1.29 is 26.3 Å². The number of halogens is 6. The van der Waals surface area contributed by atoms with Crippen LogP contribution >= 0.6 is 0 Å². The summed E-state index contributed by atoms with van der Waals surface area (Å²) in [6, 6.07) is 7.40. The number of benzene rings is 2. The van der Waals surface area contributed by atoms with Gasteiger partial charge >= 0.3 is 12.4 Å². The fourth-order valence-electron chi connectivity index (χ4n) is 2.48. The van der Waals surface area contributed by atoms with Gasteiger partial charge in [0.15, 0.2) is 5.69 Å². The molecule has 1 aromatic heterocycles. The lowest BCUT2D eigenvalue weighted by Crippen LogP contribution is -2.09. The van der Waals surface area contributed by atoms with Crippen molar-refractivity contribution >= 4 is 11.0 Å². The van der Waals surface area contributed by atoms with E-state index in [2.05, 4.69) is 9.97 Å². The Morgan fingerprint density at radius 2 is 1.60 bits per heavy atom. The highest BCUT2D eigenvalue weighted by Gasteiger charge is 2.34. The SMILES string of the molecule is Cc1cc(-c2cccc(C(F)(F)F)c2)c2nc(C(F)(F)F)cnc2c1. The number of hydrogen-bond donors (Lipinski definition) is 0. The maximum atomic E-state index is 12.9. The molecule has 0 saturated heterocycles. The van der Waals surface area contributed by atoms with E-state index in [0.717, 1.165) is 12.1 Å². The van der Waals surface area contributed by atoms with Crippen LogP contribution in [0.2, 0.25) is 0 Å². The van der Waals surface area contributed by atoms with Crippen LogP contribution in [0.5, 0.6) is 0 Å². The van der Waals surface area contributed by atoms with Gasteiger partial charge < -0.3 is 0 Å². The van der Waals surface area contributed by atoms with E-state index in [-0.39, 0.29) is 22.2 Å². The first kappa shape index (κ1) is 17.2. The summed E-state index contributed by atoms with van der Waals surface area (Å²) in [4.78, 5) is 7.35. The van der Waals surface area contributed by atoms with Gasteiger partial charge in [0.1, 0.15) is 0 Å². The van der Waals surface area contributed by atoms with Gasteiger partial charge in [0.25, 0.3) is 0 Å². The topological polar surface area (TPSA) is 25.8 Å². The molecule has 3 rings (SSSR count). The molecule has 2 nitrogen and oxygen atoms in total. The van der Waals surface area contributed by atoms with E-state index in [1.54, 1.807) is 6.92 Å². The number of fused-ring (bicyclic) bond motifs is 1. The van der Waals surface area contributed by atoms with Crippen molar-refractivity contribution in [1.82, 2.24) is 9.97 Å². The summed E-state index contributed by atoms with van der Waals surface area (Å²) in [5.41, 5.74) is -1.07. The molecule has 0 aliphatic carbocycles. The first-order valence-electron chi connectivity index (χ1n) is 7.08. The lowest BCUT2D eigenvalue weighted by Gasteiger charge is -2.12. The second-order valence-electron chi connectivity index (χ2n) is 5.51. The highest BCUT2D eigenvalue weighted by molar-refractivity contribution is 5.92. The van der Waals surface area contributed by atoms with Crippen LogP contribution in [0.25, 0.3) is 22.2 Å². The van der Waals surface area contributed by atoms with Gasteiger partial charge in [-0.25, -0.2) is 4.98 Å². The van der Waals surface area contributed by atoms with Crippen LogP contribution in [-0.4, -0.2) is 9.97 Å². The molecule has 0 unspecified atom stereocenters. The van der Waals surface area contributed by atoms with Crippen LogP contribution in [0, 0.1) is 6.92 Å². The van der Waals surface area contributed by atoms with Crippen molar-refractivity contribution in [2.75, 3.05) is 0 Å². The van der Waals surface area contributed by atoms with E-state index >= 15 is 0 Å². The lowest BCUT2D eigenvalue weighted by atomic mass is 9.99. The van der Waals surface area contributed by atoms with Crippen molar-refractivity contribution in [3.8, 4) is 11.1 Å². The van der Waals surface area contributed by atoms with Crippen LogP contribution in [0.15, 0.2) is 42.6 Å². The van der Waals surface area contributed by atoms with Crippen LogP contribution in [0.4, 0.5) is 26.3 Å². The minimum absolute atomic E-state index is 0.0975. The number of rotatable bonds is 1. The Labute approximate surface area is 138 Å². The maximum Gasteiger partial charge on any atom is 0.434 e. The van der Waals surface area contributed by atoms with Crippen molar-refractivity contribution in [3.05, 3.63) is 59.4 Å². The summed E-state index contributed by atoms with van der Waals surface area (Å²) in [5.74, 6) is 0. The minimum Gasteiger partial charge on any atom is -0.252 e. The van der Waals surface area contributed by atoms with Gasteiger partial charge in [-0.15, -0.1) is 0 Å². The second-order valence-corrected chi connectivity index (χ2v) is 5.51. The van der Waals surface area contributed by atoms with E-state index in [0.29, 0.717) is 11.8 Å². The molecular weight excluding hydrogens is 346 g/mol. The Bertz CT molecular complexity index is 944. The molecule has 0 aliphatic rings. The average Bonchev–Trinajstić information content (AvgIpc) is 2.52. The highest BCUT2D eigenvalue weighted by atomic mass is 19.4. The largest absolute Gasteiger partial charge is 0.434 e. The number of aromatic nitrogens is 2. The minimum atomic E-state index is -4.70. The Morgan fingerprint density at radius 1 is 0.880 bits per heavy atom. The molecule has 0 radical (unpaired) electrons. The van der Waals surface area contributed by atoms with Crippen molar-refractivity contribution in [2.24, 2.45) is 0 Å². The molecule has 1 heterocycles. The van der Waals surface area contributed by atoms with Crippen molar-refractivity contribution in [2.45, 2.75) is 19.3 Å². The summed E-state index contributed by atoms with van der Waals surface area (Å²) < 4.78 is 77.5. The van der Waals surface area contributed by atoms with Crippen LogP contribution < -0.4 is 0 Å². The van der Waals surface area contributed by atoms with Gasteiger partial charge in [0, 0.05) is 5.56 Å². The van der Waals surface area contributed by atoms with Gasteiger partial charge in [-0.1, -0.05) is 12.1 Å². The molecule has 0 atom stereocenters. The predicted octanol–water partition coefficient (Wildman–Crippen LogP) is 5.64. The molecule has 0 saturated carbocycles. The van der Waals surface area contributed by atoms with E-state index in [1.807, 2.05) is 0 Å². The molecular formula is C17H10F6N2. The zero-order valence-corrected chi connectivity index (χ0v) is 12.7. The zero-order chi connectivity index (χ0) is 18.4. The second kappa shape index (κ2) is 5.72. The van der Waals surface area contributed by atoms with E-state index < -0.39 is 23.6 Å². The Balaban J connectivity index is 2.28. The third kappa shape index (κ3) is 3.42. The summed E-state index contributed by atoms with van der Waals surface area (Å²) in [7, 11) is 0. The number of hydrogen-bond acceptors (Lipinski definition) is 2. The predicted molar refractivity (Wildman–Crippen MR) is 79.7 cm³/mol. The van der Waals surface area contributed by atoms with Gasteiger partial charge in [-0.2, -0.15) is 26.3 Å². The summed E-state index contributed by atoms with van der Waals surface area (Å²) >= 11 is 0. The van der Waals surface area contributed by atoms with Gasteiger partial charge in [0.05, 0.1) is 22.8 Å². The molecule has 25 heavy (non-hydrogen) atoms. The van der Waals surface area contributed by atoms with Crippen LogP contribution in [0.1, 0.15) is 16.8 Å². The molecule has 0 amide bonds. The average molecular weight is 356 g/mol. The Hall–Kier alpha value is -2.64. The Morgan fingerprint density at radius 3 is 2.24 bits per heavy atom. The summed E-state index contributed by atoms with van der Waals surface area (Å²) in [6.07, 6.45) is -8.65. The quantitative estimate of drug-likeness (QED) is 0.527.